The number of nitrogens with zero attached hydrogens (tertiary/aromatic N) is 1. The number of hydrogen-bond donors (Lipinski definition) is 0. The monoisotopic (exact) mass is 294 g/mol. The number of quaternary nitrogens is 1. The summed E-state index contributed by atoms with van der Waals surface area (Å²) in [6.07, 6.45) is 0. The second kappa shape index (κ2) is 7.51. The van der Waals surface area contributed by atoms with Crippen molar-refractivity contribution in [2.24, 2.45) is 0 Å². The lowest BCUT2D eigenvalue weighted by Gasteiger charge is -2.36. The minimum absolute atomic E-state index is 0.345. The van der Waals surface area contributed by atoms with E-state index in [-0.39, 0.29) is 0 Å². The van der Waals surface area contributed by atoms with E-state index in [0.717, 1.165) is 12.3 Å². The van der Waals surface area contributed by atoms with E-state index in [9.17, 15) is 0 Å². The van der Waals surface area contributed by atoms with Gasteiger partial charge in [0.25, 0.3) is 0 Å². The molecule has 0 atom stereocenters. The molecular weight excluding hydrogens is 262 g/mol. The van der Waals surface area contributed by atoms with Gasteiger partial charge >= 0.3 is 0 Å². The van der Waals surface area contributed by atoms with Gasteiger partial charge in [-0.15, -0.1) is 0 Å². The van der Waals surface area contributed by atoms with Crippen LogP contribution in [0.1, 0.15) is 52.7 Å². The lowest BCUT2D eigenvalue weighted by atomic mass is 10.1. The highest BCUT2D eigenvalue weighted by Gasteiger charge is 2.21. The van der Waals surface area contributed by atoms with Gasteiger partial charge in [-0.25, -0.2) is 0 Å². The lowest BCUT2D eigenvalue weighted by molar-refractivity contribution is -0.936. The van der Waals surface area contributed by atoms with Crippen molar-refractivity contribution in [3.05, 3.63) is 35.4 Å². The average Bonchev–Trinajstić information content (AvgIpc) is 2.43. The molecule has 0 saturated carbocycles. The molecule has 0 unspecified atom stereocenters. The van der Waals surface area contributed by atoms with Crippen molar-refractivity contribution in [1.82, 2.24) is 0 Å². The maximum absolute atomic E-state index is 2.33. The second-order valence-corrected chi connectivity index (χ2v) is 8.47. The van der Waals surface area contributed by atoms with Crippen LogP contribution in [0, 0.1) is 0 Å². The predicted molar refractivity (Wildman–Crippen MR) is 93.1 cm³/mol. The van der Waals surface area contributed by atoms with Gasteiger partial charge < -0.3 is 4.48 Å². The Morgan fingerprint density at radius 2 is 1.30 bits per heavy atom. The Hall–Kier alpha value is -0.470. The van der Waals surface area contributed by atoms with Gasteiger partial charge in [-0.2, -0.15) is 11.8 Å². The molecule has 0 fully saturated rings. The van der Waals surface area contributed by atoms with Gasteiger partial charge in [-0.1, -0.05) is 45.0 Å². The molecule has 0 spiro atoms. The van der Waals surface area contributed by atoms with E-state index in [0.29, 0.717) is 4.75 Å². The molecule has 20 heavy (non-hydrogen) atoms. The molecule has 0 heterocycles. The summed E-state index contributed by atoms with van der Waals surface area (Å²) in [6.45, 7) is 18.6. The standard InChI is InChI=1S/C18H32NS/c1-7-19(8-2,9-3)14-16-10-12-17(13-11-16)15-20-18(4,5)6/h10-13H,7-9,14-15H2,1-6H3/q+1. The van der Waals surface area contributed by atoms with Gasteiger partial charge in [0.15, 0.2) is 0 Å². The van der Waals surface area contributed by atoms with E-state index in [1.54, 1.807) is 0 Å². The first-order chi connectivity index (χ1) is 9.34. The predicted octanol–water partition coefficient (Wildman–Crippen LogP) is 5.09. The third-order valence-electron chi connectivity index (χ3n) is 4.23. The van der Waals surface area contributed by atoms with Gasteiger partial charge in [0, 0.05) is 16.1 Å². The van der Waals surface area contributed by atoms with Crippen LogP contribution in [0.25, 0.3) is 0 Å². The molecule has 1 aromatic rings. The van der Waals surface area contributed by atoms with Crippen LogP contribution in [-0.2, 0) is 12.3 Å². The summed E-state index contributed by atoms with van der Waals surface area (Å²) in [4.78, 5) is 0. The Kier molecular flexibility index (Phi) is 6.60. The van der Waals surface area contributed by atoms with Crippen LogP contribution >= 0.6 is 11.8 Å². The Labute approximate surface area is 130 Å². The highest BCUT2D eigenvalue weighted by molar-refractivity contribution is 7.99. The fraction of sp³-hybridized carbons (Fsp3) is 0.667. The SMILES string of the molecule is CC[N+](CC)(CC)Cc1ccc(CSC(C)(C)C)cc1. The molecule has 0 saturated heterocycles. The van der Waals surface area contributed by atoms with Crippen molar-refractivity contribution >= 4 is 11.8 Å². The molecule has 0 aliphatic carbocycles. The first kappa shape index (κ1) is 17.6. The quantitative estimate of drug-likeness (QED) is 0.631. The van der Waals surface area contributed by atoms with Crippen molar-refractivity contribution in [3.8, 4) is 0 Å². The molecule has 0 amide bonds. The molecule has 1 rings (SSSR count). The van der Waals surface area contributed by atoms with E-state index >= 15 is 0 Å². The molecule has 0 N–H and O–H groups in total. The van der Waals surface area contributed by atoms with Crippen LogP contribution in [-0.4, -0.2) is 28.9 Å². The summed E-state index contributed by atoms with van der Waals surface area (Å²) < 4.78 is 1.54. The average molecular weight is 295 g/mol. The lowest BCUT2D eigenvalue weighted by Crippen LogP contribution is -2.46. The van der Waals surface area contributed by atoms with Crippen molar-refractivity contribution in [3.63, 3.8) is 0 Å². The summed E-state index contributed by atoms with van der Waals surface area (Å²) in [7, 11) is 0. The van der Waals surface area contributed by atoms with E-state index in [1.165, 1.54) is 35.2 Å². The zero-order valence-corrected chi connectivity index (χ0v) is 15.0. The molecule has 0 aliphatic rings. The van der Waals surface area contributed by atoms with Gasteiger partial charge in [0.2, 0.25) is 0 Å². The maximum Gasteiger partial charge on any atom is 0.104 e. The van der Waals surface area contributed by atoms with E-state index in [4.69, 9.17) is 0 Å². The van der Waals surface area contributed by atoms with Crippen LogP contribution in [0.2, 0.25) is 0 Å². The largest absolute Gasteiger partial charge is 0.321 e. The highest BCUT2D eigenvalue weighted by Crippen LogP contribution is 2.27. The fourth-order valence-corrected chi connectivity index (χ4v) is 3.23. The molecule has 2 heteroatoms. The molecule has 1 nitrogen and oxygen atoms in total. The van der Waals surface area contributed by atoms with Crippen LogP contribution in [0.3, 0.4) is 0 Å². The van der Waals surface area contributed by atoms with Crippen LogP contribution in [0.5, 0.6) is 0 Å². The third-order valence-corrected chi connectivity index (χ3v) is 5.57. The number of hydrogen-bond acceptors (Lipinski definition) is 1. The van der Waals surface area contributed by atoms with Crippen LogP contribution < -0.4 is 0 Å². The molecule has 0 aliphatic heterocycles. The summed E-state index contributed by atoms with van der Waals surface area (Å²) in [5, 5.41) is 0. The Bertz CT molecular complexity index is 377. The summed E-state index contributed by atoms with van der Waals surface area (Å²) in [5.41, 5.74) is 2.91. The van der Waals surface area contributed by atoms with Gasteiger partial charge in [0.1, 0.15) is 6.54 Å². The van der Waals surface area contributed by atoms with E-state index in [1.807, 2.05) is 11.8 Å². The number of benzene rings is 1. The molecular formula is C18H32NS+. The minimum Gasteiger partial charge on any atom is -0.321 e. The maximum atomic E-state index is 2.33. The smallest absolute Gasteiger partial charge is 0.104 e. The molecule has 0 bridgehead atoms. The summed E-state index contributed by atoms with van der Waals surface area (Å²) >= 11 is 2.02. The Morgan fingerprint density at radius 3 is 1.70 bits per heavy atom. The number of rotatable bonds is 7. The van der Waals surface area contributed by atoms with Gasteiger partial charge in [0.05, 0.1) is 19.6 Å². The topological polar surface area (TPSA) is 0 Å². The molecule has 0 aromatic heterocycles. The summed E-state index contributed by atoms with van der Waals surface area (Å²) in [5.74, 6) is 1.11. The molecule has 1 aromatic carbocycles. The van der Waals surface area contributed by atoms with Crippen molar-refractivity contribution in [2.45, 2.75) is 58.6 Å². The van der Waals surface area contributed by atoms with Crippen LogP contribution in [0.4, 0.5) is 0 Å². The first-order valence-electron chi connectivity index (χ1n) is 7.91. The minimum atomic E-state index is 0.345. The van der Waals surface area contributed by atoms with E-state index < -0.39 is 0 Å². The van der Waals surface area contributed by atoms with Crippen LogP contribution in [0.15, 0.2) is 24.3 Å². The van der Waals surface area contributed by atoms with Gasteiger partial charge in [-0.05, 0) is 26.3 Å². The number of thioether (sulfide) groups is 1. The zero-order valence-electron chi connectivity index (χ0n) is 14.2. The highest BCUT2D eigenvalue weighted by atomic mass is 32.2. The Balaban J connectivity index is 2.67. The first-order valence-corrected chi connectivity index (χ1v) is 8.89. The van der Waals surface area contributed by atoms with Crippen molar-refractivity contribution in [1.29, 1.82) is 0 Å². The van der Waals surface area contributed by atoms with E-state index in [2.05, 4.69) is 65.8 Å². The fourth-order valence-electron chi connectivity index (χ4n) is 2.43. The molecule has 0 radical (unpaired) electrons. The van der Waals surface area contributed by atoms with Crippen molar-refractivity contribution < 1.29 is 4.48 Å². The normalized spacial score (nSPS) is 12.7. The zero-order chi connectivity index (χ0) is 15.2. The Morgan fingerprint density at radius 1 is 0.850 bits per heavy atom. The second-order valence-electron chi connectivity index (χ2n) is 6.67. The summed E-state index contributed by atoms with van der Waals surface area (Å²) in [6, 6.07) is 9.27. The van der Waals surface area contributed by atoms with Crippen molar-refractivity contribution in [2.75, 3.05) is 19.6 Å². The van der Waals surface area contributed by atoms with Gasteiger partial charge in [-0.3, -0.25) is 0 Å². The molecule has 114 valence electrons. The third kappa shape index (κ3) is 5.49.